The van der Waals surface area contributed by atoms with Crippen LogP contribution in [0, 0.1) is 25.6 Å². The molecule has 0 aromatic heterocycles. The second-order valence-corrected chi connectivity index (χ2v) is 6.88. The zero-order valence-corrected chi connectivity index (χ0v) is 12.7. The highest BCUT2D eigenvalue weighted by atomic mass is 32.2. The summed E-state index contributed by atoms with van der Waals surface area (Å²) in [6.07, 6.45) is 0. The van der Waals surface area contributed by atoms with Gasteiger partial charge in [-0.15, -0.1) is 0 Å². The van der Waals surface area contributed by atoms with Gasteiger partial charge in [-0.3, -0.25) is 4.79 Å². The third-order valence-electron chi connectivity index (χ3n) is 3.05. The molecule has 1 N–H and O–H groups in total. The van der Waals surface area contributed by atoms with Crippen molar-refractivity contribution in [3.05, 3.63) is 29.1 Å². The maximum absolute atomic E-state index is 13.2. The number of carbonyl (C=O) groups is 1. The zero-order valence-electron chi connectivity index (χ0n) is 11.8. The van der Waals surface area contributed by atoms with E-state index in [0.29, 0.717) is 11.1 Å². The lowest BCUT2D eigenvalue weighted by molar-refractivity contribution is -0.141. The van der Waals surface area contributed by atoms with Crippen molar-refractivity contribution in [1.82, 2.24) is 4.31 Å². The normalized spacial score (nSPS) is 13.5. The van der Waals surface area contributed by atoms with Crippen molar-refractivity contribution in [2.75, 3.05) is 13.6 Å². The molecule has 0 aliphatic rings. The predicted molar refractivity (Wildman–Crippen MR) is 72.5 cm³/mol. The van der Waals surface area contributed by atoms with Gasteiger partial charge in [0, 0.05) is 13.6 Å². The van der Waals surface area contributed by atoms with E-state index in [1.165, 1.54) is 27.8 Å². The van der Waals surface area contributed by atoms with E-state index in [0.717, 1.165) is 16.4 Å². The molecule has 112 valence electrons. The Hall–Kier alpha value is -1.47. The number of benzene rings is 1. The minimum absolute atomic E-state index is 0.0268. The first kappa shape index (κ1) is 16.6. The van der Waals surface area contributed by atoms with Gasteiger partial charge in [-0.2, -0.15) is 0 Å². The van der Waals surface area contributed by atoms with Crippen LogP contribution in [0.15, 0.2) is 17.0 Å². The molecule has 1 aromatic carbocycles. The number of halogens is 1. The monoisotopic (exact) mass is 303 g/mol. The molecular weight excluding hydrogens is 285 g/mol. The number of rotatable bonds is 5. The Morgan fingerprint density at radius 1 is 1.35 bits per heavy atom. The maximum atomic E-state index is 13.2. The van der Waals surface area contributed by atoms with Crippen molar-refractivity contribution in [3.63, 3.8) is 0 Å². The minimum Gasteiger partial charge on any atom is -0.481 e. The zero-order chi connectivity index (χ0) is 15.7. The summed E-state index contributed by atoms with van der Waals surface area (Å²) in [5.41, 5.74) is 0.606. The van der Waals surface area contributed by atoms with Crippen molar-refractivity contribution < 1.29 is 22.7 Å². The van der Waals surface area contributed by atoms with Crippen molar-refractivity contribution >= 4 is 16.0 Å². The molecule has 20 heavy (non-hydrogen) atoms. The predicted octanol–water partition coefficient (Wildman–Crippen LogP) is 1.78. The molecule has 0 saturated heterocycles. The van der Waals surface area contributed by atoms with Gasteiger partial charge in [-0.05, 0) is 37.1 Å². The molecule has 0 radical (unpaired) electrons. The van der Waals surface area contributed by atoms with E-state index in [-0.39, 0.29) is 11.4 Å². The van der Waals surface area contributed by atoms with Gasteiger partial charge in [0.2, 0.25) is 10.0 Å². The van der Waals surface area contributed by atoms with E-state index in [9.17, 15) is 17.6 Å². The first-order valence-electron chi connectivity index (χ1n) is 6.03. The van der Waals surface area contributed by atoms with Gasteiger partial charge in [-0.25, -0.2) is 17.1 Å². The molecular formula is C13H18FNO4S. The summed E-state index contributed by atoms with van der Waals surface area (Å²) in [4.78, 5) is 10.8. The quantitative estimate of drug-likeness (QED) is 0.900. The Balaban J connectivity index is 3.21. The Morgan fingerprint density at radius 2 is 1.80 bits per heavy atom. The van der Waals surface area contributed by atoms with Crippen molar-refractivity contribution in [3.8, 4) is 0 Å². The van der Waals surface area contributed by atoms with Gasteiger partial charge in [-0.1, -0.05) is 6.92 Å². The second-order valence-electron chi connectivity index (χ2n) is 4.89. The van der Waals surface area contributed by atoms with Crippen LogP contribution in [-0.4, -0.2) is 37.4 Å². The van der Waals surface area contributed by atoms with Gasteiger partial charge in [0.05, 0.1) is 10.8 Å². The molecule has 1 rings (SSSR count). The molecule has 0 aliphatic carbocycles. The lowest BCUT2D eigenvalue weighted by Crippen LogP contribution is -2.34. The second kappa shape index (κ2) is 5.88. The molecule has 0 bridgehead atoms. The molecule has 5 nitrogen and oxygen atoms in total. The van der Waals surface area contributed by atoms with Crippen LogP contribution in [0.4, 0.5) is 4.39 Å². The average molecular weight is 303 g/mol. The van der Waals surface area contributed by atoms with E-state index >= 15 is 0 Å². The first-order chi connectivity index (χ1) is 9.07. The summed E-state index contributed by atoms with van der Waals surface area (Å²) in [6.45, 7) is 4.31. The van der Waals surface area contributed by atoms with Crippen LogP contribution in [0.3, 0.4) is 0 Å². The number of sulfonamides is 1. The fourth-order valence-corrected chi connectivity index (χ4v) is 3.69. The highest BCUT2D eigenvalue weighted by Crippen LogP contribution is 2.24. The Morgan fingerprint density at radius 3 is 2.20 bits per heavy atom. The van der Waals surface area contributed by atoms with Crippen LogP contribution in [-0.2, 0) is 14.8 Å². The molecule has 0 fully saturated rings. The third kappa shape index (κ3) is 3.34. The number of carboxylic acid groups (broad SMARTS) is 1. The van der Waals surface area contributed by atoms with Crippen LogP contribution >= 0.6 is 0 Å². The fourth-order valence-electron chi connectivity index (χ4n) is 2.02. The van der Waals surface area contributed by atoms with Crippen molar-refractivity contribution in [2.24, 2.45) is 5.92 Å². The van der Waals surface area contributed by atoms with Gasteiger partial charge in [0.15, 0.2) is 0 Å². The highest BCUT2D eigenvalue weighted by molar-refractivity contribution is 7.89. The summed E-state index contributed by atoms with van der Waals surface area (Å²) in [6, 6.07) is 2.29. The standard InChI is InChI=1S/C13H18FNO4S/c1-8-5-11(14)6-9(2)12(8)20(18,19)15(4)7-10(3)13(16)17/h5-6,10H,7H2,1-4H3,(H,16,17). The molecule has 0 heterocycles. The minimum atomic E-state index is -3.84. The van der Waals surface area contributed by atoms with E-state index in [1.807, 2.05) is 0 Å². The molecule has 1 unspecified atom stereocenters. The van der Waals surface area contributed by atoms with Gasteiger partial charge < -0.3 is 5.11 Å². The van der Waals surface area contributed by atoms with Crippen LogP contribution in [0.25, 0.3) is 0 Å². The fraction of sp³-hybridized carbons (Fsp3) is 0.462. The summed E-state index contributed by atoms with van der Waals surface area (Å²) in [5, 5.41) is 8.84. The molecule has 0 amide bonds. The smallest absolute Gasteiger partial charge is 0.307 e. The molecule has 0 aliphatic heterocycles. The average Bonchev–Trinajstić information content (AvgIpc) is 2.26. The van der Waals surface area contributed by atoms with Gasteiger partial charge in [0.25, 0.3) is 0 Å². The molecule has 1 atom stereocenters. The number of hydrogen-bond acceptors (Lipinski definition) is 3. The van der Waals surface area contributed by atoms with E-state index in [1.54, 1.807) is 0 Å². The maximum Gasteiger partial charge on any atom is 0.307 e. The highest BCUT2D eigenvalue weighted by Gasteiger charge is 2.27. The summed E-state index contributed by atoms with van der Waals surface area (Å²) < 4.78 is 39.1. The van der Waals surface area contributed by atoms with Crippen LogP contribution in [0.2, 0.25) is 0 Å². The van der Waals surface area contributed by atoms with E-state index in [2.05, 4.69) is 0 Å². The van der Waals surface area contributed by atoms with Crippen LogP contribution in [0.1, 0.15) is 18.1 Å². The number of hydrogen-bond donors (Lipinski definition) is 1. The summed E-state index contributed by atoms with van der Waals surface area (Å²) in [5.74, 6) is -2.39. The summed E-state index contributed by atoms with van der Waals surface area (Å²) in [7, 11) is -2.53. The Kier molecular flexibility index (Phi) is 4.88. The lowest BCUT2D eigenvalue weighted by atomic mass is 10.1. The lowest BCUT2D eigenvalue weighted by Gasteiger charge is -2.21. The Bertz CT molecular complexity index is 604. The van der Waals surface area contributed by atoms with Crippen LogP contribution < -0.4 is 0 Å². The third-order valence-corrected chi connectivity index (χ3v) is 5.18. The van der Waals surface area contributed by atoms with Crippen molar-refractivity contribution in [1.29, 1.82) is 0 Å². The largest absolute Gasteiger partial charge is 0.481 e. The molecule has 0 saturated carbocycles. The van der Waals surface area contributed by atoms with E-state index < -0.39 is 27.7 Å². The first-order valence-corrected chi connectivity index (χ1v) is 7.47. The topological polar surface area (TPSA) is 74.7 Å². The number of carboxylic acids is 1. The SMILES string of the molecule is Cc1cc(F)cc(C)c1S(=O)(=O)N(C)CC(C)C(=O)O. The number of nitrogens with zero attached hydrogens (tertiary/aromatic N) is 1. The van der Waals surface area contributed by atoms with Crippen LogP contribution in [0.5, 0.6) is 0 Å². The molecule has 1 aromatic rings. The molecule has 7 heteroatoms. The molecule has 0 spiro atoms. The Labute approximate surface area is 118 Å². The number of aliphatic carboxylic acids is 1. The van der Waals surface area contributed by atoms with Gasteiger partial charge in [0.1, 0.15) is 5.82 Å². The van der Waals surface area contributed by atoms with Gasteiger partial charge >= 0.3 is 5.97 Å². The summed E-state index contributed by atoms with van der Waals surface area (Å²) >= 11 is 0. The van der Waals surface area contributed by atoms with Crippen molar-refractivity contribution in [2.45, 2.75) is 25.7 Å². The number of aryl methyl sites for hydroxylation is 2. The van der Waals surface area contributed by atoms with E-state index in [4.69, 9.17) is 5.11 Å².